The fourth-order valence-corrected chi connectivity index (χ4v) is 1.61. The summed E-state index contributed by atoms with van der Waals surface area (Å²) in [5.74, 6) is -0.718. The van der Waals surface area contributed by atoms with Gasteiger partial charge in [0.1, 0.15) is 6.61 Å². The molecule has 0 saturated heterocycles. The molecule has 0 aromatic heterocycles. The van der Waals surface area contributed by atoms with Crippen LogP contribution in [0.2, 0.25) is 0 Å². The van der Waals surface area contributed by atoms with E-state index in [1.54, 1.807) is 13.2 Å². The molecule has 7 heteroatoms. The summed E-state index contributed by atoms with van der Waals surface area (Å²) in [5.41, 5.74) is 9.59. The molecule has 0 aliphatic heterocycles. The minimum atomic E-state index is -0.718. The lowest BCUT2D eigenvalue weighted by atomic mass is 10.2. The smallest absolute Gasteiger partial charge is 0.421 e. The Kier molecular flexibility index (Phi) is 10.8. The first kappa shape index (κ1) is 19.7. The predicted molar refractivity (Wildman–Crippen MR) is 88.6 cm³/mol. The van der Waals surface area contributed by atoms with Crippen molar-refractivity contribution in [2.45, 2.75) is 0 Å². The zero-order chi connectivity index (χ0) is 17.5. The van der Waals surface area contributed by atoms with Crippen molar-refractivity contribution < 1.29 is 28.5 Å². The highest BCUT2D eigenvalue weighted by Gasteiger charge is 2.18. The Bertz CT molecular complexity index is 553. The molecule has 0 fully saturated rings. The van der Waals surface area contributed by atoms with Crippen LogP contribution in [0.1, 0.15) is 5.56 Å². The molecular weight excluding hydrogens is 312 g/mol. The standard InChI is InChI=1S/C17H22N2O5/c1-21-9-10-22-11-12-23-13-14-24-17(20)16(19-18)8-7-15-5-3-2-4-6-15/h2-8H,9-14H2,1H3/b8-7+. The molecule has 0 aliphatic carbocycles. The molecule has 0 saturated carbocycles. The number of hydrogen-bond donors (Lipinski definition) is 0. The zero-order valence-corrected chi connectivity index (χ0v) is 13.7. The summed E-state index contributed by atoms with van der Waals surface area (Å²) in [6.07, 6.45) is 3.05. The van der Waals surface area contributed by atoms with Crippen LogP contribution >= 0.6 is 0 Å². The van der Waals surface area contributed by atoms with E-state index >= 15 is 0 Å². The summed E-state index contributed by atoms with van der Waals surface area (Å²) in [6.45, 7) is 2.20. The summed E-state index contributed by atoms with van der Waals surface area (Å²) in [5, 5.41) is 0. The number of carbonyl (C=O) groups excluding carboxylic acids is 1. The molecule has 0 heterocycles. The Labute approximate surface area is 141 Å². The molecule has 0 atom stereocenters. The highest BCUT2D eigenvalue weighted by atomic mass is 16.6. The highest BCUT2D eigenvalue weighted by Crippen LogP contribution is 2.01. The van der Waals surface area contributed by atoms with E-state index in [-0.39, 0.29) is 18.9 Å². The van der Waals surface area contributed by atoms with Crippen LogP contribution in [0.5, 0.6) is 0 Å². The number of hydrogen-bond acceptors (Lipinski definition) is 5. The Morgan fingerprint density at radius 1 is 1.04 bits per heavy atom. The van der Waals surface area contributed by atoms with E-state index < -0.39 is 5.97 Å². The van der Waals surface area contributed by atoms with E-state index in [1.165, 1.54) is 6.08 Å². The van der Waals surface area contributed by atoms with Crippen LogP contribution in [0.3, 0.4) is 0 Å². The number of carbonyl (C=O) groups is 1. The maximum absolute atomic E-state index is 11.7. The summed E-state index contributed by atoms with van der Waals surface area (Å²) in [6, 6.07) is 9.34. The molecule has 0 bridgehead atoms. The van der Waals surface area contributed by atoms with Crippen LogP contribution in [0.4, 0.5) is 0 Å². The molecule has 1 aromatic rings. The van der Waals surface area contributed by atoms with Gasteiger partial charge in [-0.2, -0.15) is 4.79 Å². The van der Waals surface area contributed by atoms with E-state index in [0.29, 0.717) is 26.4 Å². The lowest BCUT2D eigenvalue weighted by Crippen LogP contribution is -2.19. The van der Waals surface area contributed by atoms with Gasteiger partial charge < -0.3 is 24.5 Å². The van der Waals surface area contributed by atoms with Gasteiger partial charge in [0.05, 0.1) is 33.0 Å². The molecule has 1 aromatic carbocycles. The van der Waals surface area contributed by atoms with Crippen molar-refractivity contribution in [1.82, 2.24) is 0 Å². The second-order valence-electron chi connectivity index (χ2n) is 4.58. The van der Waals surface area contributed by atoms with Crippen molar-refractivity contribution in [3.63, 3.8) is 0 Å². The first-order valence-electron chi connectivity index (χ1n) is 7.54. The Balaban J connectivity index is 2.19. The molecule has 1 rings (SSSR count). The van der Waals surface area contributed by atoms with Crippen LogP contribution in [0.25, 0.3) is 11.6 Å². The minimum Gasteiger partial charge on any atom is -0.454 e. The molecule has 0 N–H and O–H groups in total. The van der Waals surface area contributed by atoms with Gasteiger partial charge in [-0.15, -0.1) is 0 Å². The second kappa shape index (κ2) is 13.2. The van der Waals surface area contributed by atoms with Gasteiger partial charge in [-0.25, -0.2) is 4.79 Å². The van der Waals surface area contributed by atoms with Crippen molar-refractivity contribution in [1.29, 1.82) is 0 Å². The van der Waals surface area contributed by atoms with Crippen molar-refractivity contribution in [2.24, 2.45) is 0 Å². The van der Waals surface area contributed by atoms with Gasteiger partial charge in [-0.3, -0.25) is 0 Å². The lowest BCUT2D eigenvalue weighted by molar-refractivity contribution is -0.141. The summed E-state index contributed by atoms with van der Waals surface area (Å²) in [4.78, 5) is 14.7. The summed E-state index contributed by atoms with van der Waals surface area (Å²) >= 11 is 0. The zero-order valence-electron chi connectivity index (χ0n) is 13.7. The van der Waals surface area contributed by atoms with Gasteiger partial charge in [0.2, 0.25) is 0 Å². The first-order valence-corrected chi connectivity index (χ1v) is 7.54. The largest absolute Gasteiger partial charge is 0.454 e. The minimum absolute atomic E-state index is 0.0646. The Hall–Kier alpha value is -2.31. The molecule has 0 unspecified atom stereocenters. The van der Waals surface area contributed by atoms with Crippen LogP contribution < -0.4 is 0 Å². The summed E-state index contributed by atoms with van der Waals surface area (Å²) < 4.78 is 20.3. The number of rotatable bonds is 12. The van der Waals surface area contributed by atoms with E-state index in [4.69, 9.17) is 24.5 Å². The summed E-state index contributed by atoms with van der Waals surface area (Å²) in [7, 11) is 1.60. The average Bonchev–Trinajstić information content (AvgIpc) is 2.61. The molecule has 7 nitrogen and oxygen atoms in total. The Morgan fingerprint density at radius 2 is 1.67 bits per heavy atom. The third-order valence-corrected chi connectivity index (χ3v) is 2.81. The van der Waals surface area contributed by atoms with Crippen molar-refractivity contribution in [2.75, 3.05) is 46.8 Å². The van der Waals surface area contributed by atoms with Crippen LogP contribution in [-0.2, 0) is 23.7 Å². The molecule has 24 heavy (non-hydrogen) atoms. The van der Waals surface area contributed by atoms with Crippen molar-refractivity contribution in [3.8, 4) is 0 Å². The predicted octanol–water partition coefficient (Wildman–Crippen LogP) is 1.59. The molecule has 0 radical (unpaired) electrons. The molecular formula is C17H22N2O5. The van der Waals surface area contributed by atoms with Gasteiger partial charge in [0.25, 0.3) is 0 Å². The van der Waals surface area contributed by atoms with Crippen LogP contribution in [0.15, 0.2) is 36.4 Å². The van der Waals surface area contributed by atoms with Crippen molar-refractivity contribution in [3.05, 3.63) is 47.5 Å². The van der Waals surface area contributed by atoms with Crippen LogP contribution in [-0.4, -0.2) is 63.2 Å². The maximum atomic E-state index is 11.7. The van der Waals surface area contributed by atoms with E-state index in [1.807, 2.05) is 30.3 Å². The van der Waals surface area contributed by atoms with Gasteiger partial charge in [0, 0.05) is 13.2 Å². The normalized spacial score (nSPS) is 10.5. The topological polar surface area (TPSA) is 90.4 Å². The molecule has 0 aliphatic rings. The van der Waals surface area contributed by atoms with Crippen molar-refractivity contribution >= 4 is 17.8 Å². The van der Waals surface area contributed by atoms with E-state index in [0.717, 1.165) is 5.56 Å². The SMILES string of the molecule is COCCOCCOCCOC(=O)C(/C=C/c1ccccc1)=[N+]=[N-]. The Morgan fingerprint density at radius 3 is 2.29 bits per heavy atom. The highest BCUT2D eigenvalue weighted by molar-refractivity contribution is 6.39. The fraction of sp³-hybridized carbons (Fsp3) is 0.412. The maximum Gasteiger partial charge on any atom is 0.421 e. The first-order chi connectivity index (χ1) is 11.8. The number of benzene rings is 1. The van der Waals surface area contributed by atoms with E-state index in [2.05, 4.69) is 4.79 Å². The third kappa shape index (κ3) is 8.97. The van der Waals surface area contributed by atoms with Gasteiger partial charge in [-0.05, 0) is 11.6 Å². The number of methoxy groups -OCH3 is 1. The number of esters is 1. The van der Waals surface area contributed by atoms with Gasteiger partial charge >= 0.3 is 11.7 Å². The van der Waals surface area contributed by atoms with Crippen LogP contribution in [0, 0.1) is 0 Å². The molecule has 0 spiro atoms. The monoisotopic (exact) mass is 334 g/mol. The van der Waals surface area contributed by atoms with Gasteiger partial charge in [-0.1, -0.05) is 30.3 Å². The van der Waals surface area contributed by atoms with Gasteiger partial charge in [0.15, 0.2) is 0 Å². The average molecular weight is 334 g/mol. The number of nitrogens with zero attached hydrogens (tertiary/aromatic N) is 2. The quantitative estimate of drug-likeness (QED) is 0.190. The second-order valence-corrected chi connectivity index (χ2v) is 4.58. The molecule has 130 valence electrons. The molecule has 0 amide bonds. The fourth-order valence-electron chi connectivity index (χ4n) is 1.61. The van der Waals surface area contributed by atoms with E-state index in [9.17, 15) is 4.79 Å². The number of ether oxygens (including phenoxy) is 4. The third-order valence-electron chi connectivity index (χ3n) is 2.81. The lowest BCUT2D eigenvalue weighted by Gasteiger charge is -2.05.